The van der Waals surface area contributed by atoms with Crippen LogP contribution < -0.4 is 0 Å². The molecule has 30 heavy (non-hydrogen) atoms. The SMILES string of the molecule is C=CCC(c1ccc([C@H]2CC[C@H](CCC)CC2)cc1)[C@H]1CC[C@H](CCCCC)CC1. The van der Waals surface area contributed by atoms with Gasteiger partial charge in [-0.25, -0.2) is 0 Å². The van der Waals surface area contributed by atoms with Crippen LogP contribution in [0.15, 0.2) is 36.9 Å². The molecule has 0 aliphatic heterocycles. The Morgan fingerprint density at radius 3 is 2.03 bits per heavy atom. The first-order valence-corrected chi connectivity index (χ1v) is 13.5. The first-order chi connectivity index (χ1) is 14.7. The number of benzene rings is 1. The first kappa shape index (κ1) is 23.6. The summed E-state index contributed by atoms with van der Waals surface area (Å²) >= 11 is 0. The molecule has 0 amide bonds. The van der Waals surface area contributed by atoms with Crippen LogP contribution in [-0.2, 0) is 0 Å². The van der Waals surface area contributed by atoms with E-state index < -0.39 is 0 Å². The lowest BCUT2D eigenvalue weighted by atomic mass is 9.71. The van der Waals surface area contributed by atoms with E-state index >= 15 is 0 Å². The van der Waals surface area contributed by atoms with Crippen molar-refractivity contribution in [1.29, 1.82) is 0 Å². The van der Waals surface area contributed by atoms with Crippen LogP contribution in [0.3, 0.4) is 0 Å². The highest BCUT2D eigenvalue weighted by molar-refractivity contribution is 5.29. The minimum absolute atomic E-state index is 0.688. The molecule has 2 saturated carbocycles. The quantitative estimate of drug-likeness (QED) is 0.252. The second-order valence-corrected chi connectivity index (χ2v) is 10.6. The van der Waals surface area contributed by atoms with E-state index in [1.54, 1.807) is 11.1 Å². The Balaban J connectivity index is 1.54. The molecule has 2 fully saturated rings. The molecule has 0 nitrogen and oxygen atoms in total. The van der Waals surface area contributed by atoms with E-state index in [-0.39, 0.29) is 0 Å². The Morgan fingerprint density at radius 1 is 0.800 bits per heavy atom. The summed E-state index contributed by atoms with van der Waals surface area (Å²) in [5, 5.41) is 0. The molecule has 0 spiro atoms. The fraction of sp³-hybridized carbons (Fsp3) is 0.733. The summed E-state index contributed by atoms with van der Waals surface area (Å²) in [5.41, 5.74) is 3.18. The van der Waals surface area contributed by atoms with Crippen LogP contribution in [0, 0.1) is 17.8 Å². The Bertz CT molecular complexity index is 581. The highest BCUT2D eigenvalue weighted by Crippen LogP contribution is 2.42. The summed E-state index contributed by atoms with van der Waals surface area (Å²) in [7, 11) is 0. The fourth-order valence-corrected chi connectivity index (χ4v) is 6.55. The van der Waals surface area contributed by atoms with E-state index in [0.717, 1.165) is 30.1 Å². The van der Waals surface area contributed by atoms with E-state index in [1.807, 2.05) is 0 Å². The summed E-state index contributed by atoms with van der Waals surface area (Å²) in [4.78, 5) is 0. The monoisotopic (exact) mass is 408 g/mol. The zero-order valence-corrected chi connectivity index (χ0v) is 20.1. The summed E-state index contributed by atoms with van der Waals surface area (Å²) in [6.45, 7) is 8.75. The van der Waals surface area contributed by atoms with Crippen molar-refractivity contribution in [2.24, 2.45) is 17.8 Å². The zero-order valence-electron chi connectivity index (χ0n) is 20.1. The van der Waals surface area contributed by atoms with Gasteiger partial charge < -0.3 is 0 Å². The van der Waals surface area contributed by atoms with Crippen molar-refractivity contribution in [3.8, 4) is 0 Å². The van der Waals surface area contributed by atoms with Gasteiger partial charge >= 0.3 is 0 Å². The number of rotatable bonds is 11. The molecule has 0 heterocycles. The molecule has 0 bridgehead atoms. The lowest BCUT2D eigenvalue weighted by Crippen LogP contribution is -2.20. The fourth-order valence-electron chi connectivity index (χ4n) is 6.55. The Kier molecular flexibility index (Phi) is 10.0. The molecule has 2 aliphatic rings. The van der Waals surface area contributed by atoms with Gasteiger partial charge in [0.15, 0.2) is 0 Å². The third kappa shape index (κ3) is 6.73. The number of unbranched alkanes of at least 4 members (excludes halogenated alkanes) is 2. The lowest BCUT2D eigenvalue weighted by molar-refractivity contribution is 0.230. The average Bonchev–Trinajstić information content (AvgIpc) is 2.79. The third-order valence-corrected chi connectivity index (χ3v) is 8.48. The average molecular weight is 409 g/mol. The molecular weight excluding hydrogens is 360 g/mol. The molecule has 1 unspecified atom stereocenters. The van der Waals surface area contributed by atoms with Crippen molar-refractivity contribution in [3.05, 3.63) is 48.0 Å². The van der Waals surface area contributed by atoms with Crippen molar-refractivity contribution in [1.82, 2.24) is 0 Å². The largest absolute Gasteiger partial charge is 0.103 e. The molecule has 0 radical (unpaired) electrons. The van der Waals surface area contributed by atoms with Gasteiger partial charge in [-0.1, -0.05) is 95.6 Å². The van der Waals surface area contributed by atoms with E-state index in [9.17, 15) is 0 Å². The smallest absolute Gasteiger partial charge is 0.00991 e. The van der Waals surface area contributed by atoms with Gasteiger partial charge in [0, 0.05) is 0 Å². The van der Waals surface area contributed by atoms with Gasteiger partial charge in [-0.3, -0.25) is 0 Å². The van der Waals surface area contributed by atoms with Gasteiger partial charge in [-0.2, -0.15) is 0 Å². The van der Waals surface area contributed by atoms with Crippen molar-refractivity contribution in [2.75, 3.05) is 0 Å². The standard InChI is InChI=1S/C30H48/c1-4-7-8-11-25-14-18-28(19-15-25)30(10-6-3)29-22-20-27(21-23-29)26-16-12-24(9-5-2)13-17-26/h6,20-26,28,30H,3-5,7-19H2,1-2H3/t24-,25-,26-,28-,30?. The van der Waals surface area contributed by atoms with Crippen molar-refractivity contribution in [3.63, 3.8) is 0 Å². The summed E-state index contributed by atoms with van der Waals surface area (Å²) in [5.74, 6) is 4.36. The van der Waals surface area contributed by atoms with Crippen molar-refractivity contribution < 1.29 is 0 Å². The van der Waals surface area contributed by atoms with Crippen LogP contribution in [0.1, 0.15) is 133 Å². The molecule has 1 atom stereocenters. The van der Waals surface area contributed by atoms with Crippen molar-refractivity contribution in [2.45, 2.75) is 122 Å². The molecule has 0 aromatic heterocycles. The van der Waals surface area contributed by atoms with Crippen molar-refractivity contribution >= 4 is 0 Å². The number of hydrogen-bond acceptors (Lipinski definition) is 0. The van der Waals surface area contributed by atoms with Crippen LogP contribution in [0.5, 0.6) is 0 Å². The maximum atomic E-state index is 4.10. The Hall–Kier alpha value is -1.04. The maximum Gasteiger partial charge on any atom is -0.00991 e. The molecule has 0 saturated heterocycles. The molecule has 0 N–H and O–H groups in total. The van der Waals surface area contributed by atoms with Gasteiger partial charge in [-0.15, -0.1) is 6.58 Å². The molecule has 3 rings (SSSR count). The second-order valence-electron chi connectivity index (χ2n) is 10.6. The third-order valence-electron chi connectivity index (χ3n) is 8.48. The van der Waals surface area contributed by atoms with E-state index in [1.165, 1.54) is 89.9 Å². The molecule has 1 aromatic rings. The van der Waals surface area contributed by atoms with Gasteiger partial charge in [-0.05, 0) is 85.7 Å². The van der Waals surface area contributed by atoms with Gasteiger partial charge in [0.2, 0.25) is 0 Å². The molecule has 1 aromatic carbocycles. The highest BCUT2D eigenvalue weighted by Gasteiger charge is 2.28. The van der Waals surface area contributed by atoms with E-state index in [4.69, 9.17) is 0 Å². The van der Waals surface area contributed by atoms with Crippen LogP contribution >= 0.6 is 0 Å². The van der Waals surface area contributed by atoms with Gasteiger partial charge in [0.05, 0.1) is 0 Å². The molecular formula is C30H48. The predicted molar refractivity (Wildman–Crippen MR) is 133 cm³/mol. The minimum Gasteiger partial charge on any atom is -0.103 e. The van der Waals surface area contributed by atoms with E-state index in [0.29, 0.717) is 5.92 Å². The molecule has 0 heteroatoms. The lowest BCUT2D eigenvalue weighted by Gasteiger charge is -2.34. The summed E-state index contributed by atoms with van der Waals surface area (Å²) in [6, 6.07) is 9.92. The first-order valence-electron chi connectivity index (χ1n) is 13.5. The van der Waals surface area contributed by atoms with Gasteiger partial charge in [0.25, 0.3) is 0 Å². The summed E-state index contributed by atoms with van der Waals surface area (Å²) < 4.78 is 0. The number of allylic oxidation sites excluding steroid dienone is 1. The summed E-state index contributed by atoms with van der Waals surface area (Å²) in [6.07, 6.45) is 23.3. The Labute approximate surface area is 187 Å². The van der Waals surface area contributed by atoms with Gasteiger partial charge in [0.1, 0.15) is 0 Å². The van der Waals surface area contributed by atoms with Crippen LogP contribution in [0.2, 0.25) is 0 Å². The van der Waals surface area contributed by atoms with Crippen LogP contribution in [-0.4, -0.2) is 0 Å². The highest BCUT2D eigenvalue weighted by atomic mass is 14.3. The zero-order chi connectivity index (χ0) is 21.2. The maximum absolute atomic E-state index is 4.10. The minimum atomic E-state index is 0.688. The number of hydrogen-bond donors (Lipinski definition) is 0. The molecule has 2 aliphatic carbocycles. The molecule has 168 valence electrons. The topological polar surface area (TPSA) is 0 Å². The predicted octanol–water partition coefficient (Wildman–Crippen LogP) is 9.81. The second kappa shape index (κ2) is 12.7. The van der Waals surface area contributed by atoms with Crippen LogP contribution in [0.25, 0.3) is 0 Å². The van der Waals surface area contributed by atoms with Crippen LogP contribution in [0.4, 0.5) is 0 Å². The normalized spacial score (nSPS) is 28.2. The van der Waals surface area contributed by atoms with E-state index in [2.05, 4.69) is 50.8 Å². The Morgan fingerprint density at radius 2 is 1.43 bits per heavy atom.